The van der Waals surface area contributed by atoms with Crippen LogP contribution in [-0.2, 0) is 11.2 Å². The smallest absolute Gasteiger partial charge is 0.414 e. The molecule has 0 saturated carbocycles. The fourth-order valence-electron chi connectivity index (χ4n) is 3.09. The van der Waals surface area contributed by atoms with Crippen molar-refractivity contribution in [1.82, 2.24) is 0 Å². The third-order valence-corrected chi connectivity index (χ3v) is 4.83. The first-order chi connectivity index (χ1) is 14.1. The van der Waals surface area contributed by atoms with E-state index in [2.05, 4.69) is 0 Å². The minimum atomic E-state index is -0.537. The van der Waals surface area contributed by atoms with E-state index in [4.69, 9.17) is 16.3 Å². The Kier molecular flexibility index (Phi) is 6.37. The number of aromatic hydroxyl groups is 1. The van der Waals surface area contributed by atoms with Crippen molar-refractivity contribution in [2.24, 2.45) is 0 Å². The number of carbonyl (C=O) groups is 1. The van der Waals surface area contributed by atoms with Crippen molar-refractivity contribution in [3.05, 3.63) is 82.9 Å². The van der Waals surface area contributed by atoms with E-state index in [9.17, 15) is 9.90 Å². The highest BCUT2D eigenvalue weighted by molar-refractivity contribution is 6.30. The number of anilines is 1. The molecule has 0 heterocycles. The number of nitrogens with zero attached hydrogens (tertiary/aromatic N) is 1. The molecule has 0 saturated heterocycles. The lowest BCUT2D eigenvalue weighted by molar-refractivity contribution is 0.0589. The summed E-state index contributed by atoms with van der Waals surface area (Å²) in [6.45, 7) is 5.53. The minimum absolute atomic E-state index is 0.218. The number of rotatable bonds is 4. The van der Waals surface area contributed by atoms with Crippen molar-refractivity contribution in [1.29, 1.82) is 0 Å². The van der Waals surface area contributed by atoms with Crippen molar-refractivity contribution < 1.29 is 14.6 Å². The Hall–Kier alpha value is -2.98. The Bertz CT molecular complexity index is 1040. The third-order valence-electron chi connectivity index (χ3n) is 4.60. The molecular formula is C25H26ClNO3. The fourth-order valence-corrected chi connectivity index (χ4v) is 3.28. The molecule has 0 bridgehead atoms. The number of phenols is 1. The number of ether oxygens (including phenoxy) is 1. The molecule has 0 unspecified atom stereocenters. The van der Waals surface area contributed by atoms with E-state index in [1.54, 1.807) is 13.1 Å². The normalized spacial score (nSPS) is 11.2. The standard InChI is InChI=1S/C25H26ClNO3/c1-25(2,3)30-24(29)27(4)21-11-8-17(9-12-21)14-18-10-13-23(28)22(15-18)19-6-5-7-20(26)16-19/h5-13,15-16,28H,14H2,1-4H3. The number of amides is 1. The molecule has 0 spiro atoms. The average Bonchev–Trinajstić information content (AvgIpc) is 2.68. The van der Waals surface area contributed by atoms with Crippen LogP contribution in [0.1, 0.15) is 31.9 Å². The van der Waals surface area contributed by atoms with Gasteiger partial charge in [0.1, 0.15) is 11.4 Å². The lowest BCUT2D eigenvalue weighted by Gasteiger charge is -2.24. The number of halogens is 1. The van der Waals surface area contributed by atoms with Crippen LogP contribution in [0, 0.1) is 0 Å². The van der Waals surface area contributed by atoms with Gasteiger partial charge in [-0.3, -0.25) is 4.90 Å². The van der Waals surface area contributed by atoms with Crippen molar-refractivity contribution in [3.63, 3.8) is 0 Å². The SMILES string of the molecule is CN(C(=O)OC(C)(C)C)c1ccc(Cc2ccc(O)c(-c3cccc(Cl)c3)c2)cc1. The number of phenolic OH excluding ortho intramolecular Hbond substituents is 1. The van der Waals surface area contributed by atoms with Crippen molar-refractivity contribution in [2.75, 3.05) is 11.9 Å². The summed E-state index contributed by atoms with van der Waals surface area (Å²) in [4.78, 5) is 13.7. The third kappa shape index (κ3) is 5.55. The molecule has 3 rings (SSSR count). The molecule has 4 nitrogen and oxygen atoms in total. The molecule has 0 atom stereocenters. The Morgan fingerprint density at radius 2 is 1.67 bits per heavy atom. The van der Waals surface area contributed by atoms with Gasteiger partial charge in [0.05, 0.1) is 0 Å². The summed E-state index contributed by atoms with van der Waals surface area (Å²) in [6, 6.07) is 20.8. The summed E-state index contributed by atoms with van der Waals surface area (Å²) < 4.78 is 5.41. The molecule has 0 aliphatic rings. The zero-order valence-electron chi connectivity index (χ0n) is 17.6. The monoisotopic (exact) mass is 423 g/mol. The highest BCUT2D eigenvalue weighted by Crippen LogP contribution is 2.32. The van der Waals surface area contributed by atoms with E-state index in [1.807, 2.05) is 81.4 Å². The van der Waals surface area contributed by atoms with Gasteiger partial charge in [-0.15, -0.1) is 0 Å². The van der Waals surface area contributed by atoms with E-state index >= 15 is 0 Å². The van der Waals surface area contributed by atoms with Crippen LogP contribution >= 0.6 is 11.6 Å². The second kappa shape index (κ2) is 8.80. The predicted molar refractivity (Wildman–Crippen MR) is 122 cm³/mol. The van der Waals surface area contributed by atoms with Crippen LogP contribution in [0.25, 0.3) is 11.1 Å². The van der Waals surface area contributed by atoms with Crippen LogP contribution in [0.2, 0.25) is 5.02 Å². The van der Waals surface area contributed by atoms with Gasteiger partial charge in [0.25, 0.3) is 0 Å². The molecule has 3 aromatic carbocycles. The zero-order valence-corrected chi connectivity index (χ0v) is 18.4. The van der Waals surface area contributed by atoms with Gasteiger partial charge in [-0.2, -0.15) is 0 Å². The number of benzene rings is 3. The van der Waals surface area contributed by atoms with Gasteiger partial charge in [-0.25, -0.2) is 4.79 Å². The largest absolute Gasteiger partial charge is 0.507 e. The number of carbonyl (C=O) groups excluding carboxylic acids is 1. The average molecular weight is 424 g/mol. The lowest BCUT2D eigenvalue weighted by atomic mass is 9.98. The lowest BCUT2D eigenvalue weighted by Crippen LogP contribution is -2.34. The summed E-state index contributed by atoms with van der Waals surface area (Å²) in [6.07, 6.45) is 0.310. The molecule has 156 valence electrons. The van der Waals surface area contributed by atoms with Crippen LogP contribution in [-0.4, -0.2) is 23.8 Å². The van der Waals surface area contributed by atoms with Crippen molar-refractivity contribution >= 4 is 23.4 Å². The Morgan fingerprint density at radius 1 is 1.00 bits per heavy atom. The summed E-state index contributed by atoms with van der Waals surface area (Å²) >= 11 is 6.10. The van der Waals surface area contributed by atoms with Crippen LogP contribution in [0.3, 0.4) is 0 Å². The first-order valence-electron chi connectivity index (χ1n) is 9.76. The summed E-state index contributed by atoms with van der Waals surface area (Å²) in [5.74, 6) is 0.218. The van der Waals surface area contributed by atoms with Gasteiger partial charge in [-0.05, 0) is 80.3 Å². The molecular weight excluding hydrogens is 398 g/mol. The van der Waals surface area contributed by atoms with Gasteiger partial charge in [0.2, 0.25) is 0 Å². The Balaban J connectivity index is 1.76. The van der Waals surface area contributed by atoms with Crippen LogP contribution < -0.4 is 4.90 Å². The van der Waals surface area contributed by atoms with Gasteiger partial charge in [0, 0.05) is 23.3 Å². The first-order valence-corrected chi connectivity index (χ1v) is 10.1. The second-order valence-corrected chi connectivity index (χ2v) is 8.68. The maximum Gasteiger partial charge on any atom is 0.414 e. The predicted octanol–water partition coefficient (Wildman–Crippen LogP) is 6.67. The van der Waals surface area contributed by atoms with Gasteiger partial charge < -0.3 is 9.84 Å². The number of hydrogen-bond donors (Lipinski definition) is 1. The maximum atomic E-state index is 12.2. The quantitative estimate of drug-likeness (QED) is 0.509. The summed E-state index contributed by atoms with van der Waals surface area (Å²) in [5.41, 5.74) is 4.01. The topological polar surface area (TPSA) is 49.8 Å². The molecule has 3 aromatic rings. The molecule has 1 amide bonds. The molecule has 0 aromatic heterocycles. The van der Waals surface area contributed by atoms with Crippen molar-refractivity contribution in [2.45, 2.75) is 32.8 Å². The molecule has 5 heteroatoms. The highest BCUT2D eigenvalue weighted by Gasteiger charge is 2.20. The van der Waals surface area contributed by atoms with E-state index in [-0.39, 0.29) is 11.8 Å². The molecule has 30 heavy (non-hydrogen) atoms. The Labute approximate surface area is 182 Å². The summed E-state index contributed by atoms with van der Waals surface area (Å²) in [5, 5.41) is 10.9. The van der Waals surface area contributed by atoms with Crippen molar-refractivity contribution in [3.8, 4) is 16.9 Å². The van der Waals surface area contributed by atoms with Crippen LogP contribution in [0.5, 0.6) is 5.75 Å². The van der Waals surface area contributed by atoms with Crippen LogP contribution in [0.4, 0.5) is 10.5 Å². The van der Waals surface area contributed by atoms with Gasteiger partial charge in [0.15, 0.2) is 0 Å². The zero-order chi connectivity index (χ0) is 21.9. The minimum Gasteiger partial charge on any atom is -0.507 e. The molecule has 0 fully saturated rings. The van der Waals surface area contributed by atoms with E-state index in [0.717, 1.165) is 27.9 Å². The summed E-state index contributed by atoms with van der Waals surface area (Å²) in [7, 11) is 1.69. The Morgan fingerprint density at radius 3 is 2.30 bits per heavy atom. The first kappa shape index (κ1) is 21.7. The van der Waals surface area contributed by atoms with E-state index in [1.165, 1.54) is 4.90 Å². The number of hydrogen-bond acceptors (Lipinski definition) is 3. The second-order valence-electron chi connectivity index (χ2n) is 8.24. The van der Waals surface area contributed by atoms with Crippen LogP contribution in [0.15, 0.2) is 66.7 Å². The maximum absolute atomic E-state index is 12.2. The highest BCUT2D eigenvalue weighted by atomic mass is 35.5. The van der Waals surface area contributed by atoms with E-state index < -0.39 is 5.60 Å². The molecule has 0 aliphatic carbocycles. The molecule has 0 aliphatic heterocycles. The van der Waals surface area contributed by atoms with Gasteiger partial charge >= 0.3 is 6.09 Å². The van der Waals surface area contributed by atoms with E-state index in [0.29, 0.717) is 11.4 Å². The van der Waals surface area contributed by atoms with Gasteiger partial charge in [-0.1, -0.05) is 41.9 Å². The molecule has 1 N–H and O–H groups in total. The molecule has 0 radical (unpaired) electrons. The fraction of sp³-hybridized carbons (Fsp3) is 0.240.